The molecule has 0 saturated heterocycles. The molecule has 19 heavy (non-hydrogen) atoms. The van der Waals surface area contributed by atoms with Crippen molar-refractivity contribution in [3.05, 3.63) is 53.6 Å². The molecule has 3 N–H and O–H groups in total. The number of nitrogen functional groups attached to an aromatic ring is 1. The van der Waals surface area contributed by atoms with Gasteiger partial charge >= 0.3 is 0 Å². The molecular formula is C15H16N2O2. The Morgan fingerprint density at radius 3 is 2.58 bits per heavy atom. The lowest BCUT2D eigenvalue weighted by atomic mass is 10.1. The highest BCUT2D eigenvalue weighted by Gasteiger charge is 2.14. The van der Waals surface area contributed by atoms with Crippen molar-refractivity contribution in [2.45, 2.75) is 6.92 Å². The predicted molar refractivity (Wildman–Crippen MR) is 76.4 cm³/mol. The van der Waals surface area contributed by atoms with Crippen molar-refractivity contribution in [3.63, 3.8) is 0 Å². The van der Waals surface area contributed by atoms with E-state index in [1.165, 1.54) is 11.0 Å². The van der Waals surface area contributed by atoms with E-state index in [0.717, 1.165) is 5.56 Å². The van der Waals surface area contributed by atoms with E-state index < -0.39 is 0 Å². The smallest absolute Gasteiger partial charge is 0.258 e. The van der Waals surface area contributed by atoms with E-state index in [2.05, 4.69) is 0 Å². The number of rotatable bonds is 2. The lowest BCUT2D eigenvalue weighted by molar-refractivity contribution is 0.0993. The zero-order valence-corrected chi connectivity index (χ0v) is 10.9. The van der Waals surface area contributed by atoms with Crippen LogP contribution in [0.1, 0.15) is 15.9 Å². The van der Waals surface area contributed by atoms with Crippen LogP contribution in [-0.2, 0) is 0 Å². The topological polar surface area (TPSA) is 66.6 Å². The molecule has 0 unspecified atom stereocenters. The van der Waals surface area contributed by atoms with Crippen LogP contribution in [-0.4, -0.2) is 18.1 Å². The average Bonchev–Trinajstić information content (AvgIpc) is 2.36. The maximum Gasteiger partial charge on any atom is 0.258 e. The minimum atomic E-state index is -0.166. The predicted octanol–water partition coefficient (Wildman–Crippen LogP) is 2.56. The van der Waals surface area contributed by atoms with Gasteiger partial charge in [0.1, 0.15) is 5.75 Å². The van der Waals surface area contributed by atoms with E-state index in [0.29, 0.717) is 16.9 Å². The third kappa shape index (κ3) is 2.85. The molecule has 0 aromatic heterocycles. The van der Waals surface area contributed by atoms with Crippen LogP contribution >= 0.6 is 0 Å². The molecule has 0 heterocycles. The number of phenolic OH excluding ortho intramolecular Hbond substituents is 1. The highest BCUT2D eigenvalue weighted by molar-refractivity contribution is 6.06. The van der Waals surface area contributed by atoms with Crippen molar-refractivity contribution >= 4 is 17.3 Å². The lowest BCUT2D eigenvalue weighted by Crippen LogP contribution is -2.26. The minimum Gasteiger partial charge on any atom is -0.508 e. The summed E-state index contributed by atoms with van der Waals surface area (Å²) in [5.74, 6) is -0.0399. The van der Waals surface area contributed by atoms with Crippen LogP contribution in [0.2, 0.25) is 0 Å². The van der Waals surface area contributed by atoms with Gasteiger partial charge in [-0.3, -0.25) is 4.79 Å². The highest BCUT2D eigenvalue weighted by Crippen LogP contribution is 2.21. The Hall–Kier alpha value is -2.49. The number of phenols is 1. The first-order valence-corrected chi connectivity index (χ1v) is 5.91. The number of hydrogen-bond acceptors (Lipinski definition) is 3. The molecule has 4 nitrogen and oxygen atoms in total. The maximum atomic E-state index is 12.3. The van der Waals surface area contributed by atoms with Gasteiger partial charge < -0.3 is 15.7 Å². The normalized spacial score (nSPS) is 10.2. The van der Waals surface area contributed by atoms with Crippen molar-refractivity contribution in [3.8, 4) is 5.75 Å². The fourth-order valence-corrected chi connectivity index (χ4v) is 1.95. The number of hydrogen-bond donors (Lipinski definition) is 2. The number of nitrogens with two attached hydrogens (primary N) is 1. The molecule has 98 valence electrons. The Balaban J connectivity index is 2.33. The van der Waals surface area contributed by atoms with Crippen LogP contribution in [0.25, 0.3) is 0 Å². The molecule has 2 rings (SSSR count). The standard InChI is InChI=1S/C15H16N2O2/c1-10-6-11(8-12(16)7-10)15(19)17(2)13-4-3-5-14(18)9-13/h3-9,18H,16H2,1-2H3. The summed E-state index contributed by atoms with van der Waals surface area (Å²) in [6, 6.07) is 11.8. The first-order valence-electron chi connectivity index (χ1n) is 5.91. The first kappa shape index (κ1) is 13.0. The molecule has 1 amide bonds. The molecule has 0 aliphatic rings. The highest BCUT2D eigenvalue weighted by atomic mass is 16.3. The van der Waals surface area contributed by atoms with Gasteiger partial charge in [0.05, 0.1) is 0 Å². The fourth-order valence-electron chi connectivity index (χ4n) is 1.95. The number of nitrogens with zero attached hydrogens (tertiary/aromatic N) is 1. The van der Waals surface area contributed by atoms with Gasteiger partial charge in [-0.25, -0.2) is 0 Å². The number of carbonyl (C=O) groups excluding carboxylic acids is 1. The van der Waals surface area contributed by atoms with E-state index in [1.54, 1.807) is 37.4 Å². The van der Waals surface area contributed by atoms with Crippen molar-refractivity contribution < 1.29 is 9.90 Å². The van der Waals surface area contributed by atoms with E-state index >= 15 is 0 Å². The summed E-state index contributed by atoms with van der Waals surface area (Å²) >= 11 is 0. The maximum absolute atomic E-state index is 12.3. The third-order valence-corrected chi connectivity index (χ3v) is 2.87. The van der Waals surface area contributed by atoms with Gasteiger partial charge in [0.15, 0.2) is 0 Å². The Bertz CT molecular complexity index is 603. The van der Waals surface area contributed by atoms with Crippen LogP contribution in [0.4, 0.5) is 11.4 Å². The molecule has 0 aliphatic carbocycles. The summed E-state index contributed by atoms with van der Waals surface area (Å²) < 4.78 is 0. The summed E-state index contributed by atoms with van der Waals surface area (Å²) in [6.45, 7) is 1.89. The Morgan fingerprint density at radius 1 is 1.21 bits per heavy atom. The van der Waals surface area contributed by atoms with Crippen LogP contribution in [0.5, 0.6) is 5.75 Å². The average molecular weight is 256 g/mol. The Kier molecular flexibility index (Phi) is 3.42. The van der Waals surface area contributed by atoms with E-state index in [1.807, 2.05) is 13.0 Å². The summed E-state index contributed by atoms with van der Waals surface area (Å²) in [6.07, 6.45) is 0. The lowest BCUT2D eigenvalue weighted by Gasteiger charge is -2.18. The fraction of sp³-hybridized carbons (Fsp3) is 0.133. The second kappa shape index (κ2) is 5.02. The molecule has 4 heteroatoms. The second-order valence-electron chi connectivity index (χ2n) is 4.52. The zero-order valence-electron chi connectivity index (χ0n) is 10.9. The number of aryl methyl sites for hydroxylation is 1. The molecule has 0 aliphatic heterocycles. The number of aromatic hydroxyl groups is 1. The van der Waals surface area contributed by atoms with Crippen LogP contribution in [0, 0.1) is 6.92 Å². The van der Waals surface area contributed by atoms with Gasteiger partial charge in [-0.15, -0.1) is 0 Å². The van der Waals surface area contributed by atoms with Gasteiger partial charge in [-0.2, -0.15) is 0 Å². The summed E-state index contributed by atoms with van der Waals surface area (Å²) in [5, 5.41) is 9.44. The Morgan fingerprint density at radius 2 is 1.95 bits per heavy atom. The second-order valence-corrected chi connectivity index (χ2v) is 4.52. The molecule has 0 bridgehead atoms. The SMILES string of the molecule is Cc1cc(N)cc(C(=O)N(C)c2cccc(O)c2)c1. The van der Waals surface area contributed by atoms with Crippen LogP contribution in [0.3, 0.4) is 0 Å². The zero-order chi connectivity index (χ0) is 14.0. The number of amides is 1. The molecular weight excluding hydrogens is 240 g/mol. The molecule has 0 fully saturated rings. The summed E-state index contributed by atoms with van der Waals surface area (Å²) in [4.78, 5) is 13.8. The van der Waals surface area contributed by atoms with Crippen molar-refractivity contribution in [2.24, 2.45) is 0 Å². The first-order chi connectivity index (χ1) is 8.97. The molecule has 0 spiro atoms. The minimum absolute atomic E-state index is 0.126. The van der Waals surface area contributed by atoms with Crippen LogP contribution < -0.4 is 10.6 Å². The molecule has 0 radical (unpaired) electrons. The molecule has 2 aromatic carbocycles. The van der Waals surface area contributed by atoms with Gasteiger partial charge in [0.2, 0.25) is 0 Å². The molecule has 2 aromatic rings. The van der Waals surface area contributed by atoms with Crippen LogP contribution in [0.15, 0.2) is 42.5 Å². The molecule has 0 saturated carbocycles. The monoisotopic (exact) mass is 256 g/mol. The van der Waals surface area contributed by atoms with Gasteiger partial charge in [-0.05, 0) is 42.8 Å². The largest absolute Gasteiger partial charge is 0.508 e. The molecule has 0 atom stereocenters. The quantitative estimate of drug-likeness (QED) is 0.811. The summed E-state index contributed by atoms with van der Waals surface area (Å²) in [7, 11) is 1.66. The third-order valence-electron chi connectivity index (χ3n) is 2.87. The van der Waals surface area contributed by atoms with E-state index in [-0.39, 0.29) is 11.7 Å². The van der Waals surface area contributed by atoms with Crippen molar-refractivity contribution in [2.75, 3.05) is 17.7 Å². The van der Waals surface area contributed by atoms with E-state index in [4.69, 9.17) is 5.73 Å². The van der Waals surface area contributed by atoms with Gasteiger partial charge in [-0.1, -0.05) is 6.07 Å². The van der Waals surface area contributed by atoms with Crippen molar-refractivity contribution in [1.29, 1.82) is 0 Å². The van der Waals surface area contributed by atoms with Gasteiger partial charge in [0.25, 0.3) is 5.91 Å². The summed E-state index contributed by atoms with van der Waals surface area (Å²) in [5.41, 5.74) is 8.41. The number of carbonyl (C=O) groups is 1. The van der Waals surface area contributed by atoms with Crippen molar-refractivity contribution in [1.82, 2.24) is 0 Å². The number of benzene rings is 2. The van der Waals surface area contributed by atoms with E-state index in [9.17, 15) is 9.90 Å². The number of anilines is 2. The Labute approximate surface area is 112 Å². The van der Waals surface area contributed by atoms with Gasteiger partial charge in [0, 0.05) is 30.1 Å².